The van der Waals surface area contributed by atoms with Crippen LogP contribution in [0.1, 0.15) is 30.4 Å². The quantitative estimate of drug-likeness (QED) is 0.342. The highest BCUT2D eigenvalue weighted by molar-refractivity contribution is 7.89. The Balaban J connectivity index is 1.37. The molecule has 3 aromatic rings. The number of sulfonamides is 1. The molecule has 4 rings (SSSR count). The number of halogens is 4. The zero-order valence-corrected chi connectivity index (χ0v) is 19.9. The van der Waals surface area contributed by atoms with Gasteiger partial charge in [-0.25, -0.2) is 12.8 Å². The monoisotopic (exact) mass is 521 g/mol. The molecule has 0 N–H and O–H groups in total. The van der Waals surface area contributed by atoms with Crippen LogP contribution in [0.2, 0.25) is 0 Å². The van der Waals surface area contributed by atoms with E-state index >= 15 is 0 Å². The Morgan fingerprint density at radius 3 is 2.33 bits per heavy atom. The number of rotatable bonds is 8. The number of aryl methyl sites for hydroxylation is 1. The lowest BCUT2D eigenvalue weighted by atomic mass is 10.0. The number of benzene rings is 3. The van der Waals surface area contributed by atoms with Gasteiger partial charge in [0.15, 0.2) is 5.78 Å². The summed E-state index contributed by atoms with van der Waals surface area (Å²) in [7, 11) is -3.92. The number of carbonyl (C=O) groups is 1. The molecule has 1 saturated heterocycles. The molecule has 0 bridgehead atoms. The third kappa shape index (κ3) is 5.93. The summed E-state index contributed by atoms with van der Waals surface area (Å²) in [6.45, 7) is 0.220. The van der Waals surface area contributed by atoms with E-state index in [1.54, 1.807) is 24.3 Å². The minimum Gasteiger partial charge on any atom is -0.457 e. The molecule has 1 atom stereocenters. The van der Waals surface area contributed by atoms with E-state index < -0.39 is 33.6 Å². The molecule has 10 heteroatoms. The molecule has 1 heterocycles. The van der Waals surface area contributed by atoms with E-state index in [0.717, 1.165) is 29.8 Å². The molecule has 36 heavy (non-hydrogen) atoms. The second kappa shape index (κ2) is 10.4. The Morgan fingerprint density at radius 1 is 0.972 bits per heavy atom. The minimum absolute atomic E-state index is 0.0523. The number of hydrogen-bond donors (Lipinski definition) is 0. The molecular weight excluding hydrogens is 498 g/mol. The van der Waals surface area contributed by atoms with Crippen LogP contribution in [0.15, 0.2) is 77.7 Å². The van der Waals surface area contributed by atoms with Crippen molar-refractivity contribution < 1.29 is 35.5 Å². The maximum atomic E-state index is 13.2. The third-order valence-electron chi connectivity index (χ3n) is 5.98. The number of ether oxygens (including phenoxy) is 1. The Bertz CT molecular complexity index is 1320. The van der Waals surface area contributed by atoms with Crippen LogP contribution < -0.4 is 4.74 Å². The predicted octanol–water partition coefficient (Wildman–Crippen LogP) is 5.99. The number of ketones is 1. The highest BCUT2D eigenvalue weighted by Crippen LogP contribution is 2.33. The Labute approximate surface area is 206 Å². The summed E-state index contributed by atoms with van der Waals surface area (Å²) in [5.74, 6) is -0.357. The van der Waals surface area contributed by atoms with Gasteiger partial charge in [-0.2, -0.15) is 17.5 Å². The van der Waals surface area contributed by atoms with Gasteiger partial charge in [-0.15, -0.1) is 0 Å². The van der Waals surface area contributed by atoms with Crippen molar-refractivity contribution in [3.63, 3.8) is 0 Å². The second-order valence-electron chi connectivity index (χ2n) is 8.47. The summed E-state index contributed by atoms with van der Waals surface area (Å²) in [4.78, 5) is 12.8. The first-order valence-electron chi connectivity index (χ1n) is 11.3. The van der Waals surface area contributed by atoms with Crippen molar-refractivity contribution >= 4 is 15.8 Å². The van der Waals surface area contributed by atoms with E-state index in [1.807, 2.05) is 0 Å². The maximum Gasteiger partial charge on any atom is 0.416 e. The lowest BCUT2D eigenvalue weighted by Crippen LogP contribution is -2.40. The van der Waals surface area contributed by atoms with Crippen LogP contribution in [0.3, 0.4) is 0 Å². The first kappa shape index (κ1) is 25.8. The first-order chi connectivity index (χ1) is 17.0. The van der Waals surface area contributed by atoms with Crippen molar-refractivity contribution in [2.75, 3.05) is 6.54 Å². The van der Waals surface area contributed by atoms with Crippen molar-refractivity contribution in [1.82, 2.24) is 4.31 Å². The van der Waals surface area contributed by atoms with Crippen molar-refractivity contribution in [2.45, 2.75) is 42.8 Å². The van der Waals surface area contributed by atoms with Gasteiger partial charge in [0, 0.05) is 13.0 Å². The van der Waals surface area contributed by atoms with Crippen LogP contribution in [0.4, 0.5) is 17.6 Å². The highest BCUT2D eigenvalue weighted by Gasteiger charge is 2.38. The van der Waals surface area contributed by atoms with Gasteiger partial charge in [0.2, 0.25) is 10.0 Å². The molecule has 0 aliphatic carbocycles. The molecule has 1 fully saturated rings. The molecule has 5 nitrogen and oxygen atoms in total. The maximum absolute atomic E-state index is 13.2. The van der Waals surface area contributed by atoms with Gasteiger partial charge in [-0.1, -0.05) is 18.2 Å². The van der Waals surface area contributed by atoms with E-state index in [1.165, 1.54) is 28.6 Å². The Hall–Kier alpha value is -3.24. The fourth-order valence-corrected chi connectivity index (χ4v) is 5.80. The van der Waals surface area contributed by atoms with E-state index in [4.69, 9.17) is 4.74 Å². The molecule has 0 radical (unpaired) electrons. The van der Waals surface area contributed by atoms with Crippen LogP contribution >= 0.6 is 0 Å². The van der Waals surface area contributed by atoms with Gasteiger partial charge >= 0.3 is 6.18 Å². The van der Waals surface area contributed by atoms with Gasteiger partial charge in [-0.3, -0.25) is 4.79 Å². The highest BCUT2D eigenvalue weighted by atomic mass is 32.2. The van der Waals surface area contributed by atoms with Gasteiger partial charge in [0.25, 0.3) is 0 Å². The van der Waals surface area contributed by atoms with Crippen molar-refractivity contribution in [1.29, 1.82) is 0 Å². The molecule has 0 aromatic heterocycles. The molecular formula is C26H23F4NO4S. The Kier molecular flexibility index (Phi) is 7.46. The zero-order valence-electron chi connectivity index (χ0n) is 19.0. The summed E-state index contributed by atoms with van der Waals surface area (Å²) in [5.41, 5.74) is -0.0109. The lowest BCUT2D eigenvalue weighted by molar-refractivity contribution is -0.137. The summed E-state index contributed by atoms with van der Waals surface area (Å²) < 4.78 is 84.5. The van der Waals surface area contributed by atoms with Crippen LogP contribution in [0, 0.1) is 5.82 Å². The summed E-state index contributed by atoms with van der Waals surface area (Å²) in [5, 5.41) is 0. The number of hydrogen-bond acceptors (Lipinski definition) is 4. The largest absolute Gasteiger partial charge is 0.457 e. The first-order valence-corrected chi connectivity index (χ1v) is 12.7. The summed E-state index contributed by atoms with van der Waals surface area (Å²) in [6.07, 6.45) is -3.01. The second-order valence-corrected chi connectivity index (χ2v) is 10.4. The fraction of sp³-hybridized carbons (Fsp3) is 0.269. The average molecular weight is 522 g/mol. The molecule has 0 spiro atoms. The molecule has 3 aromatic carbocycles. The summed E-state index contributed by atoms with van der Waals surface area (Å²) in [6, 6.07) is 14.9. The van der Waals surface area contributed by atoms with Crippen LogP contribution in [-0.2, 0) is 27.4 Å². The van der Waals surface area contributed by atoms with Crippen molar-refractivity contribution in [3.05, 3.63) is 89.7 Å². The van der Waals surface area contributed by atoms with Gasteiger partial charge in [0.05, 0.1) is 16.5 Å². The molecule has 1 aliphatic heterocycles. The molecule has 0 amide bonds. The van der Waals surface area contributed by atoms with E-state index in [9.17, 15) is 30.8 Å². The SMILES string of the molecule is O=C(CCc1ccc(Oc2cccc(C(F)(F)F)c2)cc1)[C@@H]1CCCN1S(=O)(=O)c1ccc(F)cc1. The number of Topliss-reactive ketones (excluding diaryl/α,β-unsaturated/α-hetero) is 1. The zero-order chi connectivity index (χ0) is 25.9. The molecule has 1 aliphatic rings. The van der Waals surface area contributed by atoms with E-state index in [0.29, 0.717) is 25.0 Å². The standard InChI is InChI=1S/C26H23F4NO4S/c27-20-9-13-23(14-10-20)36(33,34)31-16-2-5-24(31)25(32)15-8-18-6-11-21(12-7-18)35-22-4-1-3-19(17-22)26(28,29)30/h1,3-4,6-7,9-14,17,24H,2,5,8,15-16H2/t24-/m0/s1. The van der Waals surface area contributed by atoms with Crippen molar-refractivity contribution in [2.24, 2.45) is 0 Å². The summed E-state index contributed by atoms with van der Waals surface area (Å²) >= 11 is 0. The smallest absolute Gasteiger partial charge is 0.416 e. The average Bonchev–Trinajstić information content (AvgIpc) is 3.35. The minimum atomic E-state index is -4.47. The van der Waals surface area contributed by atoms with E-state index in [2.05, 4.69) is 0 Å². The molecule has 0 unspecified atom stereocenters. The predicted molar refractivity (Wildman–Crippen MR) is 125 cm³/mol. The molecule has 190 valence electrons. The van der Waals surface area contributed by atoms with Gasteiger partial charge in [0.1, 0.15) is 17.3 Å². The third-order valence-corrected chi connectivity index (χ3v) is 7.90. The van der Waals surface area contributed by atoms with Gasteiger partial charge in [-0.05, 0) is 79.4 Å². The fourth-order valence-electron chi connectivity index (χ4n) is 4.12. The normalized spacial score (nSPS) is 16.7. The topological polar surface area (TPSA) is 63.7 Å². The number of carbonyl (C=O) groups excluding carboxylic acids is 1. The lowest BCUT2D eigenvalue weighted by Gasteiger charge is -2.23. The Morgan fingerprint density at radius 2 is 1.67 bits per heavy atom. The van der Waals surface area contributed by atoms with Crippen molar-refractivity contribution in [3.8, 4) is 11.5 Å². The number of alkyl halides is 3. The van der Waals surface area contributed by atoms with Crippen LogP contribution in [0.5, 0.6) is 11.5 Å². The van der Waals surface area contributed by atoms with Crippen LogP contribution in [-0.4, -0.2) is 31.1 Å². The molecule has 0 saturated carbocycles. The van der Waals surface area contributed by atoms with E-state index in [-0.39, 0.29) is 29.4 Å². The van der Waals surface area contributed by atoms with Crippen LogP contribution in [0.25, 0.3) is 0 Å². The number of nitrogens with zero attached hydrogens (tertiary/aromatic N) is 1. The van der Waals surface area contributed by atoms with Gasteiger partial charge < -0.3 is 4.74 Å².